The molecule has 1 aliphatic heterocycles. The Morgan fingerprint density at radius 1 is 1.47 bits per heavy atom. The quantitative estimate of drug-likeness (QED) is 0.832. The lowest BCUT2D eigenvalue weighted by Gasteiger charge is -2.24. The molecule has 2 rings (SSSR count). The van der Waals surface area contributed by atoms with E-state index in [1.54, 1.807) is 19.2 Å². The fourth-order valence-electron chi connectivity index (χ4n) is 2.15. The molecule has 0 aliphatic carbocycles. The highest BCUT2D eigenvalue weighted by atomic mass is 35.5. The van der Waals surface area contributed by atoms with Crippen molar-refractivity contribution in [1.82, 2.24) is 4.90 Å². The van der Waals surface area contributed by atoms with Gasteiger partial charge in [-0.1, -0.05) is 11.6 Å². The maximum Gasteiger partial charge on any atom is 0.256 e. The molecule has 1 aliphatic rings. The van der Waals surface area contributed by atoms with Crippen molar-refractivity contribution in [2.45, 2.75) is 12.5 Å². The molecule has 1 heterocycles. The zero-order valence-electron chi connectivity index (χ0n) is 10.5. The number of sulfone groups is 1. The van der Waals surface area contributed by atoms with Crippen LogP contribution in [-0.2, 0) is 9.84 Å². The van der Waals surface area contributed by atoms with Crippen molar-refractivity contribution >= 4 is 33.0 Å². The summed E-state index contributed by atoms with van der Waals surface area (Å²) in [7, 11) is -1.43. The van der Waals surface area contributed by atoms with E-state index < -0.39 is 9.84 Å². The molecule has 0 aromatic heterocycles. The number of anilines is 1. The fraction of sp³-hybridized carbons (Fsp3) is 0.417. The van der Waals surface area contributed by atoms with Gasteiger partial charge < -0.3 is 10.6 Å². The van der Waals surface area contributed by atoms with Crippen LogP contribution in [0, 0.1) is 0 Å². The number of amides is 1. The summed E-state index contributed by atoms with van der Waals surface area (Å²) in [5.41, 5.74) is 6.40. The van der Waals surface area contributed by atoms with Gasteiger partial charge in [0.25, 0.3) is 5.91 Å². The zero-order chi connectivity index (χ0) is 14.2. The van der Waals surface area contributed by atoms with E-state index in [9.17, 15) is 13.2 Å². The van der Waals surface area contributed by atoms with Crippen LogP contribution < -0.4 is 5.73 Å². The number of halogens is 1. The minimum absolute atomic E-state index is 0.00963. The fourth-order valence-corrected chi connectivity index (χ4v) is 4.10. The molecule has 0 radical (unpaired) electrons. The Morgan fingerprint density at radius 2 is 2.16 bits per heavy atom. The highest BCUT2D eigenvalue weighted by molar-refractivity contribution is 7.91. The number of hydrogen-bond acceptors (Lipinski definition) is 4. The first-order valence-electron chi connectivity index (χ1n) is 5.83. The van der Waals surface area contributed by atoms with Gasteiger partial charge in [-0.05, 0) is 24.6 Å². The topological polar surface area (TPSA) is 80.5 Å². The molecule has 1 fully saturated rings. The molecule has 1 aromatic rings. The van der Waals surface area contributed by atoms with Crippen molar-refractivity contribution in [3.63, 3.8) is 0 Å². The lowest BCUT2D eigenvalue weighted by Crippen LogP contribution is -2.38. The van der Waals surface area contributed by atoms with Crippen LogP contribution in [0.4, 0.5) is 5.69 Å². The molecule has 19 heavy (non-hydrogen) atoms. The van der Waals surface area contributed by atoms with Gasteiger partial charge in [0.05, 0.1) is 17.1 Å². The molecule has 5 nitrogen and oxygen atoms in total. The van der Waals surface area contributed by atoms with Gasteiger partial charge in [0.15, 0.2) is 9.84 Å². The van der Waals surface area contributed by atoms with Crippen molar-refractivity contribution in [3.8, 4) is 0 Å². The molecule has 1 atom stereocenters. The molecule has 1 amide bonds. The lowest BCUT2D eigenvalue weighted by atomic mass is 10.1. The molecule has 1 unspecified atom stereocenters. The lowest BCUT2D eigenvalue weighted by molar-refractivity contribution is 0.0749. The highest BCUT2D eigenvalue weighted by Gasteiger charge is 2.33. The van der Waals surface area contributed by atoms with E-state index in [1.165, 1.54) is 11.0 Å². The van der Waals surface area contributed by atoms with Crippen LogP contribution in [0.25, 0.3) is 0 Å². The number of hydrogen-bond donors (Lipinski definition) is 1. The summed E-state index contributed by atoms with van der Waals surface area (Å²) in [6.07, 6.45) is 0.463. The SMILES string of the molecule is CN(C(=O)c1cc(Cl)ccc1N)C1CCS(=O)(=O)C1. The molecule has 104 valence electrons. The van der Waals surface area contributed by atoms with E-state index in [1.807, 2.05) is 0 Å². The second kappa shape index (κ2) is 5.02. The van der Waals surface area contributed by atoms with E-state index in [2.05, 4.69) is 0 Å². The molecular formula is C12H15ClN2O3S. The van der Waals surface area contributed by atoms with Gasteiger partial charge in [-0.3, -0.25) is 4.79 Å². The van der Waals surface area contributed by atoms with Gasteiger partial charge >= 0.3 is 0 Å². The van der Waals surface area contributed by atoms with Gasteiger partial charge in [-0.2, -0.15) is 0 Å². The summed E-state index contributed by atoms with van der Waals surface area (Å²) in [4.78, 5) is 13.7. The first-order chi connectivity index (χ1) is 8.80. The second-order valence-electron chi connectivity index (χ2n) is 4.70. The monoisotopic (exact) mass is 302 g/mol. The smallest absolute Gasteiger partial charge is 0.256 e. The Labute approximate surface area is 117 Å². The third-order valence-electron chi connectivity index (χ3n) is 3.32. The molecule has 0 bridgehead atoms. The average molecular weight is 303 g/mol. The summed E-state index contributed by atoms with van der Waals surface area (Å²) < 4.78 is 22.9. The first-order valence-corrected chi connectivity index (χ1v) is 8.03. The third-order valence-corrected chi connectivity index (χ3v) is 5.31. The van der Waals surface area contributed by atoms with Crippen molar-refractivity contribution in [2.75, 3.05) is 24.3 Å². The molecule has 7 heteroatoms. The predicted molar refractivity (Wildman–Crippen MR) is 75.0 cm³/mol. The van der Waals surface area contributed by atoms with E-state index in [0.29, 0.717) is 22.7 Å². The molecule has 0 saturated carbocycles. The average Bonchev–Trinajstić information content (AvgIpc) is 2.71. The van der Waals surface area contributed by atoms with Gasteiger partial charge in [-0.25, -0.2) is 8.42 Å². The largest absolute Gasteiger partial charge is 0.398 e. The van der Waals surface area contributed by atoms with Gasteiger partial charge in [0.1, 0.15) is 0 Å². The minimum Gasteiger partial charge on any atom is -0.398 e. The summed E-state index contributed by atoms with van der Waals surface area (Å²) in [6, 6.07) is 4.37. The molecule has 2 N–H and O–H groups in total. The van der Waals surface area contributed by atoms with Crippen LogP contribution in [-0.4, -0.2) is 43.8 Å². The van der Waals surface area contributed by atoms with Gasteiger partial charge in [0, 0.05) is 23.8 Å². The van der Waals surface area contributed by atoms with Crippen molar-refractivity contribution in [3.05, 3.63) is 28.8 Å². The molecule has 1 saturated heterocycles. The Morgan fingerprint density at radius 3 is 2.74 bits per heavy atom. The van der Waals surface area contributed by atoms with Crippen molar-refractivity contribution < 1.29 is 13.2 Å². The summed E-state index contributed by atoms with van der Waals surface area (Å²) >= 11 is 5.85. The first kappa shape index (κ1) is 14.1. The maximum atomic E-state index is 12.3. The van der Waals surface area contributed by atoms with Crippen LogP contribution in [0.1, 0.15) is 16.8 Å². The van der Waals surface area contributed by atoms with Crippen molar-refractivity contribution in [1.29, 1.82) is 0 Å². The number of rotatable bonds is 2. The van der Waals surface area contributed by atoms with Crippen molar-refractivity contribution in [2.24, 2.45) is 0 Å². The number of nitrogen functional groups attached to an aromatic ring is 1. The predicted octanol–water partition coefficient (Wildman–Crippen LogP) is 1.18. The summed E-state index contributed by atoms with van der Waals surface area (Å²) in [6.45, 7) is 0. The van der Waals surface area contributed by atoms with Crippen LogP contribution >= 0.6 is 11.6 Å². The zero-order valence-corrected chi connectivity index (χ0v) is 12.0. The number of benzene rings is 1. The third kappa shape index (κ3) is 3.01. The highest BCUT2D eigenvalue weighted by Crippen LogP contribution is 2.23. The standard InChI is InChI=1S/C12H15ClN2O3S/c1-15(9-4-5-19(17,18)7-9)12(16)10-6-8(13)2-3-11(10)14/h2-3,6,9H,4-5,7,14H2,1H3. The van der Waals surface area contributed by atoms with E-state index in [0.717, 1.165) is 0 Å². The van der Waals surface area contributed by atoms with E-state index >= 15 is 0 Å². The second-order valence-corrected chi connectivity index (χ2v) is 7.37. The van der Waals surface area contributed by atoms with Crippen LogP contribution in [0.3, 0.4) is 0 Å². The Kier molecular flexibility index (Phi) is 3.73. The summed E-state index contributed by atoms with van der Waals surface area (Å²) in [5, 5.41) is 0.421. The Bertz CT molecular complexity index is 615. The van der Waals surface area contributed by atoms with Crippen LogP contribution in [0.5, 0.6) is 0 Å². The van der Waals surface area contributed by atoms with E-state index in [4.69, 9.17) is 17.3 Å². The Hall–Kier alpha value is -1.27. The minimum atomic E-state index is -3.03. The number of carbonyl (C=O) groups is 1. The number of nitrogens with two attached hydrogens (primary N) is 1. The van der Waals surface area contributed by atoms with Gasteiger partial charge in [-0.15, -0.1) is 0 Å². The molecular weight excluding hydrogens is 288 g/mol. The Balaban J connectivity index is 2.22. The van der Waals surface area contributed by atoms with Crippen LogP contribution in [0.15, 0.2) is 18.2 Å². The summed E-state index contributed by atoms with van der Waals surface area (Å²) in [5.74, 6) is -0.169. The number of nitrogens with zero attached hydrogens (tertiary/aromatic N) is 1. The number of carbonyl (C=O) groups excluding carboxylic acids is 1. The van der Waals surface area contributed by atoms with Gasteiger partial charge in [0.2, 0.25) is 0 Å². The normalized spacial score (nSPS) is 21.3. The maximum absolute atomic E-state index is 12.3. The molecule has 0 spiro atoms. The molecule has 1 aromatic carbocycles. The van der Waals surface area contributed by atoms with Crippen LogP contribution in [0.2, 0.25) is 5.02 Å². The van der Waals surface area contributed by atoms with E-state index in [-0.39, 0.29) is 23.5 Å².